The number of fused-ring (bicyclic) bond motifs is 3. The van der Waals surface area contributed by atoms with Crippen molar-refractivity contribution in [3.63, 3.8) is 0 Å². The molecule has 0 aliphatic carbocycles. The smallest absolute Gasteiger partial charge is 0.0656 e. The van der Waals surface area contributed by atoms with E-state index in [2.05, 4.69) is 183 Å². The van der Waals surface area contributed by atoms with Crippen molar-refractivity contribution in [3.8, 4) is 33.4 Å². The van der Waals surface area contributed by atoms with E-state index in [1.54, 1.807) is 0 Å². The summed E-state index contributed by atoms with van der Waals surface area (Å²) in [5.41, 5.74) is 7.69. The molecule has 0 fully saturated rings. The van der Waals surface area contributed by atoms with E-state index in [-0.39, 0.29) is 0 Å². The van der Waals surface area contributed by atoms with Crippen LogP contribution in [-0.2, 0) is 0 Å². The average Bonchev–Trinajstić information content (AvgIpc) is 3.15. The molecule has 236 valence electrons. The lowest BCUT2D eigenvalue weighted by Crippen LogP contribution is -2.38. The molecular weight excluding hydrogens is 617 g/mol. The van der Waals surface area contributed by atoms with Gasteiger partial charge >= 0.3 is 0 Å². The Balaban J connectivity index is 1.36. The fourth-order valence-electron chi connectivity index (χ4n) is 8.40. The van der Waals surface area contributed by atoms with E-state index >= 15 is 0 Å². The van der Waals surface area contributed by atoms with Crippen LogP contribution in [0.15, 0.2) is 164 Å². The predicted octanol–water partition coefficient (Wildman–Crippen LogP) is 13.6. The second-order valence-electron chi connectivity index (χ2n) is 15.0. The van der Waals surface area contributed by atoms with Crippen LogP contribution in [-0.4, -0.2) is 8.07 Å². The fourth-order valence-corrected chi connectivity index (χ4v) is 9.99. The zero-order chi connectivity index (χ0) is 33.6. The van der Waals surface area contributed by atoms with Crippen molar-refractivity contribution in [2.75, 3.05) is 0 Å². The van der Waals surface area contributed by atoms with Crippen molar-refractivity contribution in [3.05, 3.63) is 164 Å². The molecule has 0 heterocycles. The molecule has 0 saturated carbocycles. The first kappa shape index (κ1) is 29.2. The minimum atomic E-state index is -1.76. The molecule has 0 atom stereocenters. The van der Waals surface area contributed by atoms with Crippen LogP contribution in [0.25, 0.3) is 98.0 Å². The Labute approximate surface area is 293 Å². The minimum Gasteiger partial charge on any atom is -0.0656 e. The summed E-state index contributed by atoms with van der Waals surface area (Å²) in [5, 5.41) is 17.3. The SMILES string of the molecule is C[Si](C)(C)c1cc(-c2ccc3ccccc3c2)c2ccc3c(-c4ccc5ccccc5c4)cc(-c4ccc5ccccc5c4)c4ccc1c2c34. The molecule has 10 rings (SSSR count). The van der Waals surface area contributed by atoms with Crippen LogP contribution in [0.2, 0.25) is 19.6 Å². The van der Waals surface area contributed by atoms with E-state index in [0.29, 0.717) is 0 Å². The van der Waals surface area contributed by atoms with Gasteiger partial charge in [0.15, 0.2) is 0 Å². The average molecular weight is 653 g/mol. The number of hydrogen-bond acceptors (Lipinski definition) is 0. The summed E-state index contributed by atoms with van der Waals surface area (Å²) in [7, 11) is -1.76. The molecule has 0 bridgehead atoms. The van der Waals surface area contributed by atoms with Gasteiger partial charge in [0.25, 0.3) is 0 Å². The summed E-state index contributed by atoms with van der Waals surface area (Å²) in [6, 6.07) is 61.7. The first-order valence-electron chi connectivity index (χ1n) is 17.7. The first-order valence-corrected chi connectivity index (χ1v) is 21.2. The summed E-state index contributed by atoms with van der Waals surface area (Å²) in [4.78, 5) is 0. The molecule has 0 unspecified atom stereocenters. The van der Waals surface area contributed by atoms with Crippen molar-refractivity contribution in [1.29, 1.82) is 0 Å². The van der Waals surface area contributed by atoms with Gasteiger partial charge in [-0.15, -0.1) is 0 Å². The van der Waals surface area contributed by atoms with Gasteiger partial charge in [-0.25, -0.2) is 0 Å². The molecule has 0 amide bonds. The third-order valence-corrected chi connectivity index (χ3v) is 12.9. The van der Waals surface area contributed by atoms with Gasteiger partial charge < -0.3 is 0 Å². The van der Waals surface area contributed by atoms with Crippen LogP contribution < -0.4 is 5.19 Å². The molecule has 1 heteroatoms. The van der Waals surface area contributed by atoms with Gasteiger partial charge in [0, 0.05) is 0 Å². The van der Waals surface area contributed by atoms with Crippen molar-refractivity contribution >= 4 is 77.9 Å². The molecule has 10 aromatic rings. The second-order valence-corrected chi connectivity index (χ2v) is 20.0. The Hall–Kier alpha value is -5.76. The van der Waals surface area contributed by atoms with E-state index in [9.17, 15) is 0 Å². The molecule has 0 aromatic heterocycles. The summed E-state index contributed by atoms with van der Waals surface area (Å²) >= 11 is 0. The third kappa shape index (κ3) is 4.51. The van der Waals surface area contributed by atoms with Crippen LogP contribution >= 0.6 is 0 Å². The van der Waals surface area contributed by atoms with Gasteiger partial charge in [0.2, 0.25) is 0 Å². The largest absolute Gasteiger partial charge is 0.0784 e. The summed E-state index contributed by atoms with van der Waals surface area (Å²) in [6.07, 6.45) is 0. The van der Waals surface area contributed by atoms with E-state index in [1.165, 1.54) is 103 Å². The van der Waals surface area contributed by atoms with E-state index in [4.69, 9.17) is 0 Å². The van der Waals surface area contributed by atoms with Crippen LogP contribution in [0.1, 0.15) is 0 Å². The van der Waals surface area contributed by atoms with Gasteiger partial charge in [-0.05, 0) is 122 Å². The van der Waals surface area contributed by atoms with Crippen LogP contribution in [0.5, 0.6) is 0 Å². The lowest BCUT2D eigenvalue weighted by atomic mass is 9.83. The van der Waals surface area contributed by atoms with Gasteiger partial charge in [-0.2, -0.15) is 0 Å². The molecule has 0 radical (unpaired) electrons. The maximum atomic E-state index is 2.53. The molecule has 0 aliphatic heterocycles. The van der Waals surface area contributed by atoms with E-state index in [0.717, 1.165) is 0 Å². The normalized spacial score (nSPS) is 12.3. The Kier molecular flexibility index (Phi) is 6.34. The monoisotopic (exact) mass is 652 g/mol. The number of benzene rings is 10. The van der Waals surface area contributed by atoms with Gasteiger partial charge in [-0.1, -0.05) is 164 Å². The maximum absolute atomic E-state index is 2.53. The summed E-state index contributed by atoms with van der Waals surface area (Å²) in [6.45, 7) is 7.47. The number of rotatable bonds is 4. The van der Waals surface area contributed by atoms with E-state index < -0.39 is 8.07 Å². The van der Waals surface area contributed by atoms with Gasteiger partial charge in [0.1, 0.15) is 0 Å². The Bertz CT molecular complexity index is 2860. The molecule has 0 N–H and O–H groups in total. The first-order chi connectivity index (χ1) is 24.4. The van der Waals surface area contributed by atoms with Crippen molar-refractivity contribution in [2.24, 2.45) is 0 Å². The highest BCUT2D eigenvalue weighted by Crippen LogP contribution is 2.46. The Morgan fingerprint density at radius 3 is 1.04 bits per heavy atom. The molecule has 0 nitrogen and oxygen atoms in total. The summed E-state index contributed by atoms with van der Waals surface area (Å²) < 4.78 is 0. The molecule has 0 spiro atoms. The highest BCUT2D eigenvalue weighted by Gasteiger charge is 2.25. The van der Waals surface area contributed by atoms with Gasteiger partial charge in [-0.3, -0.25) is 0 Å². The third-order valence-electron chi connectivity index (χ3n) is 10.9. The zero-order valence-electron chi connectivity index (χ0n) is 28.6. The summed E-state index contributed by atoms with van der Waals surface area (Å²) in [5.74, 6) is 0. The molecule has 10 aromatic carbocycles. The van der Waals surface area contributed by atoms with Crippen molar-refractivity contribution < 1.29 is 0 Å². The van der Waals surface area contributed by atoms with Crippen LogP contribution in [0.4, 0.5) is 0 Å². The Morgan fingerprint density at radius 2 is 0.640 bits per heavy atom. The van der Waals surface area contributed by atoms with Gasteiger partial charge in [0.05, 0.1) is 8.07 Å². The van der Waals surface area contributed by atoms with E-state index in [1.807, 2.05) is 0 Å². The molecule has 50 heavy (non-hydrogen) atoms. The van der Waals surface area contributed by atoms with Crippen LogP contribution in [0.3, 0.4) is 0 Å². The second kappa shape index (κ2) is 10.9. The van der Waals surface area contributed by atoms with Crippen molar-refractivity contribution in [1.82, 2.24) is 0 Å². The van der Waals surface area contributed by atoms with Crippen LogP contribution in [0, 0.1) is 0 Å². The minimum absolute atomic E-state index is 1.25. The molecule has 0 aliphatic rings. The van der Waals surface area contributed by atoms with Crippen molar-refractivity contribution in [2.45, 2.75) is 19.6 Å². The Morgan fingerprint density at radius 1 is 0.300 bits per heavy atom. The quantitative estimate of drug-likeness (QED) is 0.131. The maximum Gasteiger partial charge on any atom is 0.0784 e. The highest BCUT2D eigenvalue weighted by molar-refractivity contribution is 6.90. The topological polar surface area (TPSA) is 0 Å². The standard InChI is InChI=1S/C49H36Si/c1-50(2,3)47-30-46(39-21-18-33-12-6-9-15-36(33)28-39)42-23-22-40-44(37-19-16-31-10-4-7-13-34(31)26-37)29-45(41-24-25-43(47)49(42)48(40)41)38-20-17-32-11-5-8-14-35(32)27-38/h4-30H,1-3H3. The zero-order valence-corrected chi connectivity index (χ0v) is 29.6. The lowest BCUT2D eigenvalue weighted by Gasteiger charge is -2.25. The highest BCUT2D eigenvalue weighted by atomic mass is 28.3. The lowest BCUT2D eigenvalue weighted by molar-refractivity contribution is 1.66. The number of hydrogen-bond donors (Lipinski definition) is 0. The fraction of sp³-hybridized carbons (Fsp3) is 0.0612. The molecule has 0 saturated heterocycles. The predicted molar refractivity (Wildman–Crippen MR) is 222 cm³/mol. The molecular formula is C49H36Si.